The number of aliphatic carboxylic acids is 1. The molecule has 0 aromatic carbocycles. The lowest BCUT2D eigenvalue weighted by molar-refractivity contribution is -0.154. The molecule has 1 heterocycles. The summed E-state index contributed by atoms with van der Waals surface area (Å²) in [4.78, 5) is 25.6. The van der Waals surface area contributed by atoms with Crippen LogP contribution in [0.25, 0.3) is 0 Å². The first kappa shape index (κ1) is 17.0. The maximum absolute atomic E-state index is 12.5. The Morgan fingerprint density at radius 2 is 1.95 bits per heavy atom. The molecule has 5 heteroatoms. The number of piperidine rings is 1. The van der Waals surface area contributed by atoms with E-state index in [1.54, 1.807) is 25.7 Å². The fraction of sp³-hybridized carbons (Fsp3) is 0.867. The normalized spacial score (nSPS) is 23.2. The molecule has 0 spiro atoms. The van der Waals surface area contributed by atoms with E-state index in [0.29, 0.717) is 19.5 Å². The van der Waals surface area contributed by atoms with E-state index in [1.165, 1.54) is 0 Å². The van der Waals surface area contributed by atoms with Gasteiger partial charge in [0.25, 0.3) is 0 Å². The van der Waals surface area contributed by atoms with Crippen molar-refractivity contribution < 1.29 is 14.7 Å². The van der Waals surface area contributed by atoms with Crippen molar-refractivity contribution in [3.63, 3.8) is 0 Å². The monoisotopic (exact) mass is 284 g/mol. The van der Waals surface area contributed by atoms with E-state index in [9.17, 15) is 14.7 Å². The lowest BCUT2D eigenvalue weighted by Gasteiger charge is -2.41. The number of carbonyl (C=O) groups is 2. The van der Waals surface area contributed by atoms with Crippen LogP contribution in [0.2, 0.25) is 0 Å². The zero-order valence-electron chi connectivity index (χ0n) is 13.1. The Kier molecular flexibility index (Phi) is 5.19. The van der Waals surface area contributed by atoms with Crippen molar-refractivity contribution in [3.05, 3.63) is 0 Å². The number of nitrogens with zero attached hydrogens (tertiary/aromatic N) is 1. The molecule has 0 aromatic rings. The van der Waals surface area contributed by atoms with Gasteiger partial charge in [-0.05, 0) is 46.0 Å². The van der Waals surface area contributed by atoms with E-state index >= 15 is 0 Å². The fourth-order valence-electron chi connectivity index (χ4n) is 2.91. The van der Waals surface area contributed by atoms with Crippen LogP contribution in [-0.2, 0) is 9.59 Å². The third-order valence-electron chi connectivity index (χ3n) is 4.54. The topological polar surface area (TPSA) is 83.6 Å². The Bertz CT molecular complexity index is 377. The minimum Gasteiger partial charge on any atom is -0.481 e. The Balaban J connectivity index is 2.80. The number of hydrogen-bond acceptors (Lipinski definition) is 3. The van der Waals surface area contributed by atoms with Gasteiger partial charge in [0.05, 0.1) is 11.0 Å². The van der Waals surface area contributed by atoms with Gasteiger partial charge < -0.3 is 15.7 Å². The van der Waals surface area contributed by atoms with E-state index < -0.39 is 16.9 Å². The second-order valence-electron chi connectivity index (χ2n) is 6.78. The summed E-state index contributed by atoms with van der Waals surface area (Å²) in [6.07, 6.45) is 3.19. The van der Waals surface area contributed by atoms with Crippen molar-refractivity contribution in [2.24, 2.45) is 17.1 Å². The second-order valence-corrected chi connectivity index (χ2v) is 6.78. The molecule has 1 aliphatic rings. The van der Waals surface area contributed by atoms with Crippen LogP contribution in [0.3, 0.4) is 0 Å². The third-order valence-corrected chi connectivity index (χ3v) is 4.54. The summed E-state index contributed by atoms with van der Waals surface area (Å²) in [7, 11) is 0. The number of carboxylic acids is 1. The SMILES string of the molecule is CCCC(C)(N)C(=O)N1CCCC(C(C)(C)C(=O)O)C1. The standard InChI is InChI=1S/C15H28N2O3/c1-5-8-15(4,16)12(18)17-9-6-7-11(10-17)14(2,3)13(19)20/h11H,5-10,16H2,1-4H3,(H,19,20). The molecular formula is C15H28N2O3. The van der Waals surface area contributed by atoms with E-state index in [-0.39, 0.29) is 11.8 Å². The summed E-state index contributed by atoms with van der Waals surface area (Å²) in [5, 5.41) is 9.33. The lowest BCUT2D eigenvalue weighted by atomic mass is 9.74. The summed E-state index contributed by atoms with van der Waals surface area (Å²) in [5.74, 6) is -0.874. The van der Waals surface area contributed by atoms with Gasteiger partial charge in [-0.25, -0.2) is 0 Å². The Hall–Kier alpha value is -1.10. The van der Waals surface area contributed by atoms with Gasteiger partial charge in [0, 0.05) is 13.1 Å². The van der Waals surface area contributed by atoms with Gasteiger partial charge in [-0.1, -0.05) is 13.3 Å². The molecule has 0 radical (unpaired) electrons. The quantitative estimate of drug-likeness (QED) is 0.807. The second kappa shape index (κ2) is 6.12. The average molecular weight is 284 g/mol. The predicted molar refractivity (Wildman–Crippen MR) is 78.2 cm³/mol. The molecule has 1 saturated heterocycles. The Labute approximate surface area is 121 Å². The van der Waals surface area contributed by atoms with Crippen LogP contribution in [0.15, 0.2) is 0 Å². The van der Waals surface area contributed by atoms with Crippen LogP contribution < -0.4 is 5.73 Å². The predicted octanol–water partition coefficient (Wildman–Crippen LogP) is 1.85. The third kappa shape index (κ3) is 3.51. The smallest absolute Gasteiger partial charge is 0.309 e. The molecule has 1 amide bonds. The van der Waals surface area contributed by atoms with Crippen LogP contribution in [0.1, 0.15) is 53.4 Å². The molecule has 0 aliphatic carbocycles. The summed E-state index contributed by atoms with van der Waals surface area (Å²) >= 11 is 0. The van der Waals surface area contributed by atoms with Crippen molar-refractivity contribution in [2.45, 2.75) is 58.9 Å². The van der Waals surface area contributed by atoms with Crippen molar-refractivity contribution in [3.8, 4) is 0 Å². The first-order valence-electron chi connectivity index (χ1n) is 7.44. The first-order valence-corrected chi connectivity index (χ1v) is 7.44. The fourth-order valence-corrected chi connectivity index (χ4v) is 2.91. The molecule has 0 aromatic heterocycles. The van der Waals surface area contributed by atoms with Crippen LogP contribution >= 0.6 is 0 Å². The molecule has 2 unspecified atom stereocenters. The van der Waals surface area contributed by atoms with Crippen molar-refractivity contribution >= 4 is 11.9 Å². The van der Waals surface area contributed by atoms with Crippen molar-refractivity contribution in [1.29, 1.82) is 0 Å². The molecule has 1 rings (SSSR count). The van der Waals surface area contributed by atoms with E-state index in [4.69, 9.17) is 5.73 Å². The number of amides is 1. The lowest BCUT2D eigenvalue weighted by Crippen LogP contribution is -2.57. The largest absolute Gasteiger partial charge is 0.481 e. The zero-order valence-corrected chi connectivity index (χ0v) is 13.1. The number of hydrogen-bond donors (Lipinski definition) is 2. The van der Waals surface area contributed by atoms with Gasteiger partial charge in [-0.15, -0.1) is 0 Å². The highest BCUT2D eigenvalue weighted by atomic mass is 16.4. The molecule has 2 atom stereocenters. The van der Waals surface area contributed by atoms with Gasteiger partial charge in [-0.3, -0.25) is 9.59 Å². The van der Waals surface area contributed by atoms with Gasteiger partial charge in [-0.2, -0.15) is 0 Å². The van der Waals surface area contributed by atoms with Gasteiger partial charge in [0.15, 0.2) is 0 Å². The number of likely N-dealkylation sites (tertiary alicyclic amines) is 1. The molecule has 20 heavy (non-hydrogen) atoms. The number of rotatable bonds is 5. The maximum atomic E-state index is 12.5. The molecular weight excluding hydrogens is 256 g/mol. The average Bonchev–Trinajstić information content (AvgIpc) is 2.37. The van der Waals surface area contributed by atoms with Crippen molar-refractivity contribution in [1.82, 2.24) is 4.90 Å². The van der Waals surface area contributed by atoms with Crippen LogP contribution in [0, 0.1) is 11.3 Å². The molecule has 1 aliphatic heterocycles. The zero-order chi connectivity index (χ0) is 15.6. The van der Waals surface area contributed by atoms with Crippen molar-refractivity contribution in [2.75, 3.05) is 13.1 Å². The number of nitrogens with two attached hydrogens (primary N) is 1. The Morgan fingerprint density at radius 3 is 2.45 bits per heavy atom. The summed E-state index contributed by atoms with van der Waals surface area (Å²) in [5.41, 5.74) is 4.45. The highest BCUT2D eigenvalue weighted by Crippen LogP contribution is 2.34. The van der Waals surface area contributed by atoms with E-state index in [2.05, 4.69) is 0 Å². The molecule has 0 bridgehead atoms. The summed E-state index contributed by atoms with van der Waals surface area (Å²) in [6.45, 7) is 8.43. The molecule has 0 saturated carbocycles. The molecule has 3 N–H and O–H groups in total. The van der Waals surface area contributed by atoms with Gasteiger partial charge >= 0.3 is 5.97 Å². The molecule has 5 nitrogen and oxygen atoms in total. The minimum atomic E-state index is -0.843. The van der Waals surface area contributed by atoms with Gasteiger partial charge in [0.2, 0.25) is 5.91 Å². The van der Waals surface area contributed by atoms with Crippen LogP contribution in [0.5, 0.6) is 0 Å². The molecule has 1 fully saturated rings. The highest BCUT2D eigenvalue weighted by Gasteiger charge is 2.42. The summed E-state index contributed by atoms with van der Waals surface area (Å²) < 4.78 is 0. The van der Waals surface area contributed by atoms with E-state index in [0.717, 1.165) is 19.3 Å². The Morgan fingerprint density at radius 1 is 1.35 bits per heavy atom. The van der Waals surface area contributed by atoms with Crippen LogP contribution in [0.4, 0.5) is 0 Å². The molecule has 116 valence electrons. The van der Waals surface area contributed by atoms with Gasteiger partial charge in [0.1, 0.15) is 0 Å². The first-order chi connectivity index (χ1) is 9.13. The highest BCUT2D eigenvalue weighted by molar-refractivity contribution is 5.86. The van der Waals surface area contributed by atoms with E-state index in [1.807, 2.05) is 6.92 Å². The maximum Gasteiger partial charge on any atom is 0.309 e. The number of carboxylic acid groups (broad SMARTS) is 1. The number of carbonyl (C=O) groups excluding carboxylic acids is 1. The van der Waals surface area contributed by atoms with Crippen LogP contribution in [-0.4, -0.2) is 40.5 Å². The minimum absolute atomic E-state index is 0.0184. The summed E-state index contributed by atoms with van der Waals surface area (Å²) in [6, 6.07) is 0.